The van der Waals surface area contributed by atoms with Crippen molar-refractivity contribution in [1.29, 1.82) is 0 Å². The Kier molecular flexibility index (Phi) is 7.43. The van der Waals surface area contributed by atoms with E-state index < -0.39 is 0 Å². The zero-order valence-electron chi connectivity index (χ0n) is 13.8. The molecule has 0 radical (unpaired) electrons. The highest BCUT2D eigenvalue weighted by molar-refractivity contribution is 7.99. The van der Waals surface area contributed by atoms with Crippen molar-refractivity contribution in [2.75, 3.05) is 38.3 Å². The van der Waals surface area contributed by atoms with Crippen LogP contribution < -0.4 is 10.1 Å². The highest BCUT2D eigenvalue weighted by Crippen LogP contribution is 2.27. The molecule has 0 atom stereocenters. The number of hydrogen-bond acceptors (Lipinski definition) is 4. The number of carbonyl (C=O) groups is 1. The molecule has 0 unspecified atom stereocenters. The number of ether oxygens (including phenoxy) is 1. The van der Waals surface area contributed by atoms with Crippen LogP contribution in [-0.2, 0) is 4.79 Å². The molecule has 0 aliphatic heterocycles. The number of benzene rings is 2. The van der Waals surface area contributed by atoms with Crippen molar-refractivity contribution in [2.24, 2.45) is 0 Å². The number of thioether (sulfide) groups is 1. The van der Waals surface area contributed by atoms with E-state index in [1.807, 2.05) is 30.1 Å². The average Bonchev–Trinajstić information content (AvgIpc) is 2.56. The maximum Gasteiger partial charge on any atom is 0.238 e. The Hall–Kier alpha value is -1.69. The van der Waals surface area contributed by atoms with Crippen molar-refractivity contribution in [3.8, 4) is 5.75 Å². The Morgan fingerprint density at radius 1 is 1.25 bits per heavy atom. The van der Waals surface area contributed by atoms with Crippen LogP contribution in [0, 0.1) is 0 Å². The lowest BCUT2D eigenvalue weighted by molar-refractivity contribution is -0.117. The van der Waals surface area contributed by atoms with Gasteiger partial charge in [0.2, 0.25) is 5.91 Å². The second kappa shape index (κ2) is 9.57. The molecule has 2 aromatic rings. The Morgan fingerprint density at radius 3 is 2.71 bits per heavy atom. The van der Waals surface area contributed by atoms with Gasteiger partial charge in [0.25, 0.3) is 0 Å². The van der Waals surface area contributed by atoms with E-state index in [-0.39, 0.29) is 5.91 Å². The van der Waals surface area contributed by atoms with Crippen molar-refractivity contribution < 1.29 is 9.53 Å². The number of rotatable bonds is 8. The van der Waals surface area contributed by atoms with Crippen LogP contribution in [0.1, 0.15) is 0 Å². The summed E-state index contributed by atoms with van der Waals surface area (Å²) in [7, 11) is 3.49. The molecule has 24 heavy (non-hydrogen) atoms. The van der Waals surface area contributed by atoms with E-state index in [2.05, 4.69) is 17.4 Å². The highest BCUT2D eigenvalue weighted by atomic mass is 35.5. The first-order valence-electron chi connectivity index (χ1n) is 7.58. The highest BCUT2D eigenvalue weighted by Gasteiger charge is 2.10. The first-order valence-corrected chi connectivity index (χ1v) is 8.94. The van der Waals surface area contributed by atoms with Crippen LogP contribution in [0.3, 0.4) is 0 Å². The zero-order valence-corrected chi connectivity index (χ0v) is 15.4. The predicted octanol–water partition coefficient (Wildman–Crippen LogP) is 4.01. The van der Waals surface area contributed by atoms with E-state index in [0.29, 0.717) is 23.0 Å². The first kappa shape index (κ1) is 18.6. The van der Waals surface area contributed by atoms with Crippen molar-refractivity contribution in [2.45, 2.75) is 4.90 Å². The number of anilines is 1. The molecule has 1 amide bonds. The summed E-state index contributed by atoms with van der Waals surface area (Å²) in [6.45, 7) is 1.13. The molecule has 2 rings (SSSR count). The van der Waals surface area contributed by atoms with Crippen LogP contribution in [0.4, 0.5) is 5.69 Å². The molecule has 0 saturated heterocycles. The molecule has 0 aliphatic carbocycles. The van der Waals surface area contributed by atoms with Gasteiger partial charge in [-0.1, -0.05) is 29.8 Å². The summed E-state index contributed by atoms with van der Waals surface area (Å²) in [5.74, 6) is 1.42. The molecular weight excluding hydrogens is 344 g/mol. The van der Waals surface area contributed by atoms with Gasteiger partial charge < -0.3 is 10.1 Å². The molecule has 128 valence electrons. The summed E-state index contributed by atoms with van der Waals surface area (Å²) < 4.78 is 5.23. The van der Waals surface area contributed by atoms with E-state index in [1.165, 1.54) is 4.90 Å². The summed E-state index contributed by atoms with van der Waals surface area (Å²) in [4.78, 5) is 15.4. The molecule has 2 aromatic carbocycles. The van der Waals surface area contributed by atoms with Gasteiger partial charge in [0.05, 0.1) is 19.3 Å². The summed E-state index contributed by atoms with van der Waals surface area (Å²) in [6, 6.07) is 15.4. The number of likely N-dealkylation sites (N-methyl/N-ethyl adjacent to an activating group) is 1. The number of methoxy groups -OCH3 is 1. The van der Waals surface area contributed by atoms with E-state index in [9.17, 15) is 4.79 Å². The van der Waals surface area contributed by atoms with Gasteiger partial charge in [-0.2, -0.15) is 0 Å². The van der Waals surface area contributed by atoms with Crippen molar-refractivity contribution in [3.63, 3.8) is 0 Å². The number of halogens is 1. The van der Waals surface area contributed by atoms with Crippen LogP contribution in [0.2, 0.25) is 5.02 Å². The predicted molar refractivity (Wildman–Crippen MR) is 101 cm³/mol. The molecule has 0 bridgehead atoms. The van der Waals surface area contributed by atoms with Gasteiger partial charge in [-0.25, -0.2) is 0 Å². The summed E-state index contributed by atoms with van der Waals surface area (Å²) >= 11 is 7.75. The number of amides is 1. The molecule has 0 spiro atoms. The molecule has 6 heteroatoms. The molecule has 0 fully saturated rings. The lowest BCUT2D eigenvalue weighted by atomic mass is 10.3. The normalized spacial score (nSPS) is 10.7. The average molecular weight is 365 g/mol. The second-order valence-electron chi connectivity index (χ2n) is 5.29. The number of hydrogen-bond donors (Lipinski definition) is 1. The van der Waals surface area contributed by atoms with Gasteiger partial charge in [0.15, 0.2) is 0 Å². The van der Waals surface area contributed by atoms with Gasteiger partial charge in [-0.05, 0) is 37.4 Å². The maximum absolute atomic E-state index is 12.2. The van der Waals surface area contributed by atoms with E-state index in [4.69, 9.17) is 16.3 Å². The van der Waals surface area contributed by atoms with Crippen molar-refractivity contribution in [1.82, 2.24) is 4.90 Å². The van der Waals surface area contributed by atoms with Crippen LogP contribution >= 0.6 is 23.4 Å². The largest absolute Gasteiger partial charge is 0.495 e. The maximum atomic E-state index is 12.2. The van der Waals surface area contributed by atoms with Gasteiger partial charge in [-0.3, -0.25) is 9.69 Å². The Bertz CT molecular complexity index is 667. The van der Waals surface area contributed by atoms with Gasteiger partial charge in [0, 0.05) is 22.2 Å². The SMILES string of the molecule is COc1ccc(Cl)cc1NC(=O)CN(C)CCSc1ccccc1. The van der Waals surface area contributed by atoms with Crippen LogP contribution in [-0.4, -0.2) is 43.8 Å². The third-order valence-electron chi connectivity index (χ3n) is 3.33. The third kappa shape index (κ3) is 6.07. The number of nitrogens with one attached hydrogen (secondary N) is 1. The molecule has 1 N–H and O–H groups in total. The zero-order chi connectivity index (χ0) is 17.4. The fraction of sp³-hybridized carbons (Fsp3) is 0.278. The lowest BCUT2D eigenvalue weighted by Gasteiger charge is -2.17. The summed E-state index contributed by atoms with van der Waals surface area (Å²) in [5.41, 5.74) is 0.585. The third-order valence-corrected chi connectivity index (χ3v) is 4.56. The quantitative estimate of drug-likeness (QED) is 0.718. The number of nitrogens with zero attached hydrogens (tertiary/aromatic N) is 1. The molecule has 0 aliphatic rings. The molecule has 0 saturated carbocycles. The Balaban J connectivity index is 1.78. The molecule has 0 heterocycles. The topological polar surface area (TPSA) is 41.6 Å². The summed E-state index contributed by atoms with van der Waals surface area (Å²) in [6.07, 6.45) is 0. The minimum atomic E-state index is -0.0947. The van der Waals surface area contributed by atoms with Crippen LogP contribution in [0.25, 0.3) is 0 Å². The Labute approximate surface area is 152 Å². The van der Waals surface area contributed by atoms with E-state index in [0.717, 1.165) is 12.3 Å². The van der Waals surface area contributed by atoms with Crippen LogP contribution in [0.15, 0.2) is 53.4 Å². The van der Waals surface area contributed by atoms with Gasteiger partial charge >= 0.3 is 0 Å². The smallest absolute Gasteiger partial charge is 0.238 e. The molecule has 4 nitrogen and oxygen atoms in total. The molecule has 0 aromatic heterocycles. The minimum Gasteiger partial charge on any atom is -0.495 e. The summed E-state index contributed by atoms with van der Waals surface area (Å²) in [5, 5.41) is 3.40. The van der Waals surface area contributed by atoms with Crippen molar-refractivity contribution >= 4 is 35.0 Å². The fourth-order valence-electron chi connectivity index (χ4n) is 2.13. The first-order chi connectivity index (χ1) is 11.6. The van der Waals surface area contributed by atoms with Crippen molar-refractivity contribution in [3.05, 3.63) is 53.6 Å². The van der Waals surface area contributed by atoms with Gasteiger partial charge in [-0.15, -0.1) is 11.8 Å². The van der Waals surface area contributed by atoms with Gasteiger partial charge in [0.1, 0.15) is 5.75 Å². The monoisotopic (exact) mass is 364 g/mol. The van der Waals surface area contributed by atoms with Crippen LogP contribution in [0.5, 0.6) is 5.75 Å². The lowest BCUT2D eigenvalue weighted by Crippen LogP contribution is -2.31. The second-order valence-corrected chi connectivity index (χ2v) is 6.90. The minimum absolute atomic E-state index is 0.0947. The van der Waals surface area contributed by atoms with E-state index in [1.54, 1.807) is 37.1 Å². The number of carbonyl (C=O) groups excluding carboxylic acids is 1. The standard InChI is InChI=1S/C18H21ClN2O2S/c1-21(10-11-24-15-6-4-3-5-7-15)13-18(22)20-16-12-14(19)8-9-17(16)23-2/h3-9,12H,10-11,13H2,1-2H3,(H,20,22). The Morgan fingerprint density at radius 2 is 2.00 bits per heavy atom. The molecular formula is C18H21ClN2O2S. The van der Waals surface area contributed by atoms with E-state index >= 15 is 0 Å². The fourth-order valence-corrected chi connectivity index (χ4v) is 3.29.